The molecule has 3 aromatic rings. The molecule has 28 heavy (non-hydrogen) atoms. The fourth-order valence-corrected chi connectivity index (χ4v) is 3.36. The Bertz CT molecular complexity index is 1020. The lowest BCUT2D eigenvalue weighted by atomic mass is 10.1. The summed E-state index contributed by atoms with van der Waals surface area (Å²) in [7, 11) is 3.42. The summed E-state index contributed by atoms with van der Waals surface area (Å²) < 4.78 is 5.84. The minimum Gasteiger partial charge on any atom is -0.460 e. The van der Waals surface area contributed by atoms with Crippen molar-refractivity contribution in [1.29, 1.82) is 0 Å². The van der Waals surface area contributed by atoms with Gasteiger partial charge in [0.2, 0.25) is 5.91 Å². The number of furan rings is 1. The van der Waals surface area contributed by atoms with E-state index in [4.69, 9.17) is 4.42 Å². The lowest BCUT2D eigenvalue weighted by Crippen LogP contribution is -2.16. The van der Waals surface area contributed by atoms with E-state index in [-0.39, 0.29) is 11.1 Å². The van der Waals surface area contributed by atoms with Crippen LogP contribution in [0.15, 0.2) is 63.9 Å². The van der Waals surface area contributed by atoms with Crippen LogP contribution in [0.4, 0.5) is 10.5 Å². The number of nitrogens with one attached hydrogen (secondary N) is 1. The maximum Gasteiger partial charge on any atom is 0.285 e. The summed E-state index contributed by atoms with van der Waals surface area (Å²) in [6.45, 7) is 2.02. The van der Waals surface area contributed by atoms with E-state index in [0.29, 0.717) is 5.69 Å². The zero-order chi connectivity index (χ0) is 20.1. The van der Waals surface area contributed by atoms with E-state index in [1.165, 1.54) is 11.0 Å². The quantitative estimate of drug-likeness (QED) is 0.463. The smallest absolute Gasteiger partial charge is 0.285 e. The summed E-state index contributed by atoms with van der Waals surface area (Å²) in [5, 5.41) is 3.79. The summed E-state index contributed by atoms with van der Waals surface area (Å²) >= 11 is 1.14. The predicted molar refractivity (Wildman–Crippen MR) is 115 cm³/mol. The molecule has 0 aliphatic heterocycles. The number of hydrogen-bond acceptors (Lipinski definition) is 4. The normalized spacial score (nSPS) is 11.1. The molecule has 1 aromatic heterocycles. The van der Waals surface area contributed by atoms with E-state index in [1.54, 1.807) is 32.3 Å². The van der Waals surface area contributed by atoms with Crippen LogP contribution in [-0.2, 0) is 11.2 Å². The van der Waals surface area contributed by atoms with Gasteiger partial charge in [0.1, 0.15) is 11.3 Å². The van der Waals surface area contributed by atoms with E-state index in [0.717, 1.165) is 45.4 Å². The predicted octanol–water partition coefficient (Wildman–Crippen LogP) is 5.42. The molecule has 6 heteroatoms. The Kier molecular flexibility index (Phi) is 6.21. The van der Waals surface area contributed by atoms with E-state index >= 15 is 0 Å². The van der Waals surface area contributed by atoms with E-state index < -0.39 is 0 Å². The van der Waals surface area contributed by atoms with Gasteiger partial charge in [-0.25, -0.2) is 0 Å². The highest BCUT2D eigenvalue weighted by molar-refractivity contribution is 8.13. The average molecular weight is 394 g/mol. The second-order valence-corrected chi connectivity index (χ2v) is 7.42. The van der Waals surface area contributed by atoms with Crippen molar-refractivity contribution >= 4 is 45.6 Å². The third kappa shape index (κ3) is 4.64. The van der Waals surface area contributed by atoms with Crippen molar-refractivity contribution in [1.82, 2.24) is 4.90 Å². The van der Waals surface area contributed by atoms with Crippen LogP contribution in [0.1, 0.15) is 18.2 Å². The number of rotatable bonds is 5. The summed E-state index contributed by atoms with van der Waals surface area (Å²) in [4.78, 5) is 26.4. The molecule has 0 aliphatic carbocycles. The Labute approximate surface area is 168 Å². The second kappa shape index (κ2) is 8.80. The summed E-state index contributed by atoms with van der Waals surface area (Å²) in [5.41, 5.74) is 2.42. The van der Waals surface area contributed by atoms with Gasteiger partial charge in [0.15, 0.2) is 0 Å². The average Bonchev–Trinajstić information content (AvgIpc) is 3.05. The van der Waals surface area contributed by atoms with Gasteiger partial charge in [0.05, 0.1) is 0 Å². The van der Waals surface area contributed by atoms with Gasteiger partial charge in [-0.2, -0.15) is 0 Å². The number of nitrogens with zero attached hydrogens (tertiary/aromatic N) is 1. The number of amides is 2. The zero-order valence-electron chi connectivity index (χ0n) is 16.1. The van der Waals surface area contributed by atoms with Crippen LogP contribution < -0.4 is 5.32 Å². The lowest BCUT2D eigenvalue weighted by molar-refractivity contribution is -0.111. The van der Waals surface area contributed by atoms with E-state index in [9.17, 15) is 9.59 Å². The SMILES string of the molecule is CCc1oc2ccccc2c1/C=C/C(=O)Nc1ccc(SC(=O)N(C)C)cc1. The van der Waals surface area contributed by atoms with Crippen LogP contribution in [0.25, 0.3) is 17.0 Å². The number of thioether (sulfide) groups is 1. The van der Waals surface area contributed by atoms with Crippen molar-refractivity contribution in [3.8, 4) is 0 Å². The Morgan fingerprint density at radius 1 is 1.11 bits per heavy atom. The van der Waals surface area contributed by atoms with Crippen LogP contribution >= 0.6 is 11.8 Å². The van der Waals surface area contributed by atoms with Crippen LogP contribution in [-0.4, -0.2) is 30.1 Å². The van der Waals surface area contributed by atoms with Crippen molar-refractivity contribution in [3.63, 3.8) is 0 Å². The fourth-order valence-electron chi connectivity index (χ4n) is 2.70. The minimum atomic E-state index is -0.225. The Hall–Kier alpha value is -2.99. The van der Waals surface area contributed by atoms with Crippen molar-refractivity contribution in [2.24, 2.45) is 0 Å². The summed E-state index contributed by atoms with van der Waals surface area (Å²) in [6.07, 6.45) is 4.05. The molecule has 1 N–H and O–H groups in total. The van der Waals surface area contributed by atoms with Gasteiger partial charge in [-0.15, -0.1) is 0 Å². The van der Waals surface area contributed by atoms with Crippen LogP contribution in [0.5, 0.6) is 0 Å². The number of fused-ring (bicyclic) bond motifs is 1. The molecule has 2 aromatic carbocycles. The van der Waals surface area contributed by atoms with Gasteiger partial charge in [-0.1, -0.05) is 25.1 Å². The maximum atomic E-state index is 12.3. The number of hydrogen-bond donors (Lipinski definition) is 1. The summed E-state index contributed by atoms with van der Waals surface area (Å²) in [6, 6.07) is 15.0. The molecule has 0 bridgehead atoms. The molecule has 0 atom stereocenters. The van der Waals surface area contributed by atoms with Crippen molar-refractivity contribution in [2.45, 2.75) is 18.2 Å². The van der Waals surface area contributed by atoms with E-state index in [2.05, 4.69) is 5.32 Å². The first-order chi connectivity index (χ1) is 13.5. The number of carbonyl (C=O) groups excluding carboxylic acids is 2. The minimum absolute atomic E-state index is 0.0428. The van der Waals surface area contributed by atoms with Crippen molar-refractivity contribution in [2.75, 3.05) is 19.4 Å². The molecule has 3 rings (SSSR count). The number of para-hydroxylation sites is 1. The van der Waals surface area contributed by atoms with Gasteiger partial charge in [-0.05, 0) is 48.2 Å². The van der Waals surface area contributed by atoms with Gasteiger partial charge in [0.25, 0.3) is 5.24 Å². The summed E-state index contributed by atoms with van der Waals surface area (Å²) in [5.74, 6) is 0.634. The lowest BCUT2D eigenvalue weighted by Gasteiger charge is -2.09. The molecule has 1 heterocycles. The molecule has 2 amide bonds. The number of benzene rings is 2. The molecule has 0 aliphatic rings. The zero-order valence-corrected chi connectivity index (χ0v) is 16.9. The fraction of sp³-hybridized carbons (Fsp3) is 0.182. The molecular formula is C22H22N2O3S. The van der Waals surface area contributed by atoms with Gasteiger partial charge in [-0.3, -0.25) is 9.59 Å². The van der Waals surface area contributed by atoms with Crippen LogP contribution in [0, 0.1) is 0 Å². The molecule has 0 unspecified atom stereocenters. The standard InChI is InChI=1S/C22H22N2O3S/c1-4-19-18(17-7-5-6-8-20(17)27-19)13-14-21(25)23-15-9-11-16(12-10-15)28-22(26)24(2)3/h5-14H,4H2,1-3H3,(H,23,25)/b14-13+. The molecule has 0 spiro atoms. The van der Waals surface area contributed by atoms with Gasteiger partial charge < -0.3 is 14.6 Å². The molecular weight excluding hydrogens is 372 g/mol. The van der Waals surface area contributed by atoms with Crippen molar-refractivity contribution in [3.05, 3.63) is 65.9 Å². The highest BCUT2D eigenvalue weighted by Crippen LogP contribution is 2.27. The maximum absolute atomic E-state index is 12.3. The second-order valence-electron chi connectivity index (χ2n) is 6.40. The first kappa shape index (κ1) is 19.8. The molecule has 0 saturated carbocycles. The van der Waals surface area contributed by atoms with Crippen LogP contribution in [0.2, 0.25) is 0 Å². The van der Waals surface area contributed by atoms with Gasteiger partial charge in [0, 0.05) is 48.1 Å². The Morgan fingerprint density at radius 3 is 2.50 bits per heavy atom. The largest absolute Gasteiger partial charge is 0.460 e. The topological polar surface area (TPSA) is 62.6 Å². The highest BCUT2D eigenvalue weighted by Gasteiger charge is 2.10. The Balaban J connectivity index is 1.68. The third-order valence-electron chi connectivity index (χ3n) is 4.13. The highest BCUT2D eigenvalue weighted by atomic mass is 32.2. The third-order valence-corrected chi connectivity index (χ3v) is 5.17. The van der Waals surface area contributed by atoms with Crippen molar-refractivity contribution < 1.29 is 14.0 Å². The number of aryl methyl sites for hydroxylation is 1. The van der Waals surface area contributed by atoms with Gasteiger partial charge >= 0.3 is 0 Å². The first-order valence-corrected chi connectivity index (χ1v) is 9.78. The molecule has 0 fully saturated rings. The van der Waals surface area contributed by atoms with E-state index in [1.807, 2.05) is 43.3 Å². The number of carbonyl (C=O) groups is 2. The number of anilines is 1. The molecule has 0 radical (unpaired) electrons. The monoisotopic (exact) mass is 394 g/mol. The van der Waals surface area contributed by atoms with Crippen LogP contribution in [0.3, 0.4) is 0 Å². The molecule has 144 valence electrons. The first-order valence-electron chi connectivity index (χ1n) is 8.96. The molecule has 0 saturated heterocycles. The molecule has 5 nitrogen and oxygen atoms in total. The Morgan fingerprint density at radius 2 is 1.82 bits per heavy atom.